The lowest BCUT2D eigenvalue weighted by Gasteiger charge is -2.07. The summed E-state index contributed by atoms with van der Waals surface area (Å²) in [5.41, 5.74) is 5.35. The highest BCUT2D eigenvalue weighted by molar-refractivity contribution is 6.10. The lowest BCUT2D eigenvalue weighted by atomic mass is 10.2. The number of nitriles is 2. The summed E-state index contributed by atoms with van der Waals surface area (Å²) in [6.45, 7) is 0. The van der Waals surface area contributed by atoms with Crippen LogP contribution in [0, 0.1) is 22.7 Å². The monoisotopic (exact) mass is 285 g/mol. The molecule has 5 heteroatoms. The van der Waals surface area contributed by atoms with Crippen LogP contribution in [0.25, 0.3) is 16.6 Å². The third kappa shape index (κ3) is 2.52. The Morgan fingerprint density at radius 2 is 1.68 bits per heavy atom. The summed E-state index contributed by atoms with van der Waals surface area (Å²) in [7, 11) is 0. The quantitative estimate of drug-likeness (QED) is 0.591. The SMILES string of the molecule is N#CC(C#N)=NNc1ccc(-n2ccc3ccccc32)cc1. The van der Waals surface area contributed by atoms with Gasteiger partial charge in [0.1, 0.15) is 12.1 Å². The van der Waals surface area contributed by atoms with Gasteiger partial charge in [0.2, 0.25) is 5.71 Å². The molecule has 0 aliphatic rings. The Balaban J connectivity index is 1.88. The second-order valence-corrected chi connectivity index (χ2v) is 4.59. The largest absolute Gasteiger partial charge is 0.317 e. The van der Waals surface area contributed by atoms with Crippen LogP contribution in [0.3, 0.4) is 0 Å². The molecule has 0 saturated carbocycles. The Labute approximate surface area is 127 Å². The maximum Gasteiger partial charge on any atom is 0.237 e. The third-order valence-corrected chi connectivity index (χ3v) is 3.25. The summed E-state index contributed by atoms with van der Waals surface area (Å²) >= 11 is 0. The van der Waals surface area contributed by atoms with Crippen molar-refractivity contribution >= 4 is 22.3 Å². The maximum absolute atomic E-state index is 8.63. The van der Waals surface area contributed by atoms with Gasteiger partial charge >= 0.3 is 0 Å². The van der Waals surface area contributed by atoms with E-state index >= 15 is 0 Å². The Bertz CT molecular complexity index is 904. The summed E-state index contributed by atoms with van der Waals surface area (Å²) in [6.07, 6.45) is 2.02. The molecule has 104 valence electrons. The molecule has 0 spiro atoms. The van der Waals surface area contributed by atoms with Crippen LogP contribution in [0.2, 0.25) is 0 Å². The van der Waals surface area contributed by atoms with E-state index in [0.29, 0.717) is 5.69 Å². The van der Waals surface area contributed by atoms with Crippen molar-refractivity contribution in [3.63, 3.8) is 0 Å². The average Bonchev–Trinajstić information content (AvgIpc) is 3.00. The van der Waals surface area contributed by atoms with Crippen molar-refractivity contribution in [3.8, 4) is 17.8 Å². The number of hydrazone groups is 1. The fourth-order valence-electron chi connectivity index (χ4n) is 2.20. The molecular weight excluding hydrogens is 274 g/mol. The first-order valence-corrected chi connectivity index (χ1v) is 6.62. The van der Waals surface area contributed by atoms with Crippen molar-refractivity contribution in [2.45, 2.75) is 0 Å². The lowest BCUT2D eigenvalue weighted by molar-refractivity contribution is 1.13. The van der Waals surface area contributed by atoms with Crippen LogP contribution < -0.4 is 5.43 Å². The minimum absolute atomic E-state index is 0.208. The zero-order valence-electron chi connectivity index (χ0n) is 11.6. The van der Waals surface area contributed by atoms with E-state index in [-0.39, 0.29) is 5.71 Å². The van der Waals surface area contributed by atoms with Gasteiger partial charge in [0, 0.05) is 11.9 Å². The minimum atomic E-state index is -0.208. The zero-order valence-corrected chi connectivity index (χ0v) is 11.6. The lowest BCUT2D eigenvalue weighted by Crippen LogP contribution is -1.97. The number of para-hydroxylation sites is 1. The van der Waals surface area contributed by atoms with E-state index in [1.807, 2.05) is 42.6 Å². The summed E-state index contributed by atoms with van der Waals surface area (Å²) in [5.74, 6) is 0. The van der Waals surface area contributed by atoms with E-state index < -0.39 is 0 Å². The number of nitrogens with zero attached hydrogens (tertiary/aromatic N) is 4. The van der Waals surface area contributed by atoms with Crippen molar-refractivity contribution in [3.05, 3.63) is 60.8 Å². The second-order valence-electron chi connectivity index (χ2n) is 4.59. The Morgan fingerprint density at radius 1 is 0.955 bits per heavy atom. The highest BCUT2D eigenvalue weighted by Crippen LogP contribution is 2.21. The van der Waals surface area contributed by atoms with Crippen molar-refractivity contribution < 1.29 is 0 Å². The molecule has 0 aliphatic carbocycles. The molecular formula is C17H11N5. The number of hydrogen-bond donors (Lipinski definition) is 1. The van der Waals surface area contributed by atoms with Crippen molar-refractivity contribution in [1.82, 2.24) is 4.57 Å². The third-order valence-electron chi connectivity index (χ3n) is 3.25. The maximum atomic E-state index is 8.63. The number of hydrogen-bond acceptors (Lipinski definition) is 4. The van der Waals surface area contributed by atoms with Gasteiger partial charge < -0.3 is 4.57 Å². The summed E-state index contributed by atoms with van der Waals surface area (Å²) < 4.78 is 2.10. The normalized spacial score (nSPS) is 9.73. The smallest absolute Gasteiger partial charge is 0.237 e. The molecule has 0 fully saturated rings. The van der Waals surface area contributed by atoms with Crippen molar-refractivity contribution in [2.75, 3.05) is 5.43 Å². The van der Waals surface area contributed by atoms with Gasteiger partial charge in [0.15, 0.2) is 0 Å². The van der Waals surface area contributed by atoms with E-state index in [1.54, 1.807) is 12.1 Å². The molecule has 0 bridgehead atoms. The number of rotatable bonds is 3. The van der Waals surface area contributed by atoms with E-state index in [0.717, 1.165) is 11.2 Å². The molecule has 0 unspecified atom stereocenters. The molecule has 0 radical (unpaired) electrons. The van der Waals surface area contributed by atoms with Gasteiger partial charge in [-0.15, -0.1) is 0 Å². The van der Waals surface area contributed by atoms with Crippen LogP contribution in [-0.2, 0) is 0 Å². The fraction of sp³-hybridized carbons (Fsp3) is 0. The predicted molar refractivity (Wildman–Crippen MR) is 85.6 cm³/mol. The number of aromatic nitrogens is 1. The van der Waals surface area contributed by atoms with Gasteiger partial charge in [-0.25, -0.2) is 0 Å². The minimum Gasteiger partial charge on any atom is -0.317 e. The van der Waals surface area contributed by atoms with Gasteiger partial charge in [-0.3, -0.25) is 5.43 Å². The highest BCUT2D eigenvalue weighted by Gasteiger charge is 2.02. The van der Waals surface area contributed by atoms with Crippen LogP contribution >= 0.6 is 0 Å². The van der Waals surface area contributed by atoms with Crippen LogP contribution in [0.1, 0.15) is 0 Å². The molecule has 0 saturated heterocycles. The predicted octanol–water partition coefficient (Wildman–Crippen LogP) is 3.45. The van der Waals surface area contributed by atoms with E-state index in [4.69, 9.17) is 10.5 Å². The molecule has 1 heterocycles. The fourth-order valence-corrected chi connectivity index (χ4v) is 2.20. The second kappa shape index (κ2) is 5.82. The highest BCUT2D eigenvalue weighted by atomic mass is 15.3. The summed E-state index contributed by atoms with van der Waals surface area (Å²) in [6, 6.07) is 21.2. The molecule has 3 aromatic rings. The Hall–Kier alpha value is -3.57. The molecule has 0 atom stereocenters. The van der Waals surface area contributed by atoms with Gasteiger partial charge in [0.05, 0.1) is 11.2 Å². The van der Waals surface area contributed by atoms with E-state index in [9.17, 15) is 0 Å². The average molecular weight is 285 g/mol. The molecule has 2 aromatic carbocycles. The molecule has 0 amide bonds. The first kappa shape index (κ1) is 13.4. The standard InChI is InChI=1S/C17H11N5/c18-11-15(12-19)21-20-14-5-7-16(8-6-14)22-10-9-13-3-1-2-4-17(13)22/h1-10,20H. The molecule has 3 rings (SSSR count). The topological polar surface area (TPSA) is 76.9 Å². The Kier molecular flexibility index (Phi) is 3.55. The van der Waals surface area contributed by atoms with Gasteiger partial charge in [-0.05, 0) is 41.8 Å². The van der Waals surface area contributed by atoms with E-state index in [2.05, 4.69) is 33.3 Å². The number of nitrogens with one attached hydrogen (secondary N) is 1. The van der Waals surface area contributed by atoms with Crippen LogP contribution in [-0.4, -0.2) is 10.3 Å². The van der Waals surface area contributed by atoms with Crippen LogP contribution in [0.4, 0.5) is 5.69 Å². The zero-order chi connectivity index (χ0) is 15.4. The molecule has 0 aliphatic heterocycles. The van der Waals surface area contributed by atoms with Crippen LogP contribution in [0.15, 0.2) is 65.9 Å². The first-order chi connectivity index (χ1) is 10.8. The van der Waals surface area contributed by atoms with Crippen molar-refractivity contribution in [1.29, 1.82) is 10.5 Å². The molecule has 1 aromatic heterocycles. The van der Waals surface area contributed by atoms with Gasteiger partial charge in [-0.2, -0.15) is 15.6 Å². The number of fused-ring (bicyclic) bond motifs is 1. The number of anilines is 1. The first-order valence-electron chi connectivity index (χ1n) is 6.62. The van der Waals surface area contributed by atoms with Crippen molar-refractivity contribution in [2.24, 2.45) is 5.10 Å². The molecule has 1 N–H and O–H groups in total. The van der Waals surface area contributed by atoms with Crippen LogP contribution in [0.5, 0.6) is 0 Å². The summed E-state index contributed by atoms with van der Waals surface area (Å²) in [5, 5.41) is 22.1. The van der Waals surface area contributed by atoms with E-state index in [1.165, 1.54) is 5.39 Å². The summed E-state index contributed by atoms with van der Waals surface area (Å²) in [4.78, 5) is 0. The molecule has 22 heavy (non-hydrogen) atoms. The number of benzene rings is 2. The van der Waals surface area contributed by atoms with Gasteiger partial charge in [-0.1, -0.05) is 18.2 Å². The van der Waals surface area contributed by atoms with Gasteiger partial charge in [0.25, 0.3) is 0 Å². The Morgan fingerprint density at radius 3 is 2.41 bits per heavy atom. The molecule has 5 nitrogen and oxygen atoms in total.